The average molecular weight is 633 g/mol. The minimum atomic E-state index is -3.73. The Labute approximate surface area is 269 Å². The lowest BCUT2D eigenvalue weighted by molar-refractivity contribution is -0.332. The van der Waals surface area contributed by atoms with Crippen molar-refractivity contribution in [2.45, 2.75) is 82.3 Å². The smallest absolute Gasteiger partial charge is 0.303 e. The zero-order chi connectivity index (χ0) is 32.4. The fourth-order valence-corrected chi connectivity index (χ4v) is 5.43. The van der Waals surface area contributed by atoms with E-state index < -0.39 is 42.0 Å². The molecule has 0 bridgehead atoms. The minimum absolute atomic E-state index is 0.0269. The fraction of sp³-hybridized carbons (Fsp3) is 0.368. The van der Waals surface area contributed by atoms with Crippen LogP contribution in [0.2, 0.25) is 0 Å². The summed E-state index contributed by atoms with van der Waals surface area (Å²) in [5, 5.41) is 10.7. The van der Waals surface area contributed by atoms with Crippen molar-refractivity contribution in [3.8, 4) is 0 Å². The van der Waals surface area contributed by atoms with E-state index >= 15 is 8.78 Å². The lowest BCUT2D eigenvalue weighted by Gasteiger charge is -2.49. The van der Waals surface area contributed by atoms with Crippen LogP contribution in [0.4, 0.5) is 8.78 Å². The molecule has 0 unspecified atom stereocenters. The third-order valence-electron chi connectivity index (χ3n) is 8.06. The highest BCUT2D eigenvalue weighted by atomic mass is 19.3. The van der Waals surface area contributed by atoms with Gasteiger partial charge in [0, 0.05) is 0 Å². The Kier molecular flexibility index (Phi) is 11.7. The summed E-state index contributed by atoms with van der Waals surface area (Å²) < 4.78 is 64.1. The summed E-state index contributed by atoms with van der Waals surface area (Å²) in [6, 6.07) is 38.0. The molecule has 1 heterocycles. The number of halogens is 2. The number of alkyl halides is 2. The van der Waals surface area contributed by atoms with Crippen LogP contribution >= 0.6 is 0 Å². The molecule has 1 N–H and O–H groups in total. The van der Waals surface area contributed by atoms with Crippen LogP contribution in [0.15, 0.2) is 121 Å². The van der Waals surface area contributed by atoms with Crippen molar-refractivity contribution in [3.05, 3.63) is 144 Å². The van der Waals surface area contributed by atoms with Gasteiger partial charge in [0.25, 0.3) is 0 Å². The van der Waals surface area contributed by atoms with E-state index in [9.17, 15) is 5.11 Å². The molecule has 1 aliphatic rings. The first kappa shape index (κ1) is 33.9. The fourth-order valence-electron chi connectivity index (χ4n) is 5.43. The van der Waals surface area contributed by atoms with Crippen LogP contribution in [0.5, 0.6) is 0 Å². The largest absolute Gasteiger partial charge is 0.384 e. The predicted molar refractivity (Wildman–Crippen MR) is 171 cm³/mol. The Morgan fingerprint density at radius 2 is 0.935 bits per heavy atom. The molecule has 8 heteroatoms. The summed E-state index contributed by atoms with van der Waals surface area (Å²) in [6.45, 7) is 2.69. The van der Waals surface area contributed by atoms with Crippen molar-refractivity contribution in [2.75, 3.05) is 6.61 Å². The number of benzene rings is 4. The van der Waals surface area contributed by atoms with E-state index in [0.29, 0.717) is 0 Å². The Morgan fingerprint density at radius 1 is 0.565 bits per heavy atom. The van der Waals surface area contributed by atoms with Crippen LogP contribution in [0.25, 0.3) is 0 Å². The summed E-state index contributed by atoms with van der Waals surface area (Å²) in [5.41, 5.74) is 1.06. The van der Waals surface area contributed by atoms with Gasteiger partial charge >= 0.3 is 5.92 Å². The number of ether oxygens (including phenoxy) is 5. The molecule has 0 spiro atoms. The first-order valence-electron chi connectivity index (χ1n) is 15.6. The Morgan fingerprint density at radius 3 is 1.35 bits per heavy atom. The lowest BCUT2D eigenvalue weighted by atomic mass is 9.85. The van der Waals surface area contributed by atoms with Gasteiger partial charge in [-0.05, 0) is 36.1 Å². The third kappa shape index (κ3) is 8.85. The van der Waals surface area contributed by atoms with Gasteiger partial charge in [0.2, 0.25) is 0 Å². The first-order chi connectivity index (χ1) is 22.2. The van der Waals surface area contributed by atoms with Crippen molar-refractivity contribution < 1.29 is 37.6 Å². The van der Waals surface area contributed by atoms with E-state index in [1.54, 1.807) is 0 Å². The Bertz CT molecular complexity index is 1430. The monoisotopic (exact) mass is 632 g/mol. The summed E-state index contributed by atoms with van der Waals surface area (Å²) in [6.07, 6.45) is -6.02. The standard InChI is InChI=1S/C38H42F2O6/c1-37(2,41)38(39,40)36-35(45-26-31-21-13-6-14-22-31)34(44-25-30-19-11-5-12-20-30)33(43-24-29-17-9-4-10-18-29)32(46-36)27-42-23-28-15-7-3-8-16-28/h3-22,32-36,41H,23-27H2,1-2H3/t32-,33+,34+,35-,36-/m1/s1. The molecular weight excluding hydrogens is 590 g/mol. The van der Waals surface area contributed by atoms with Gasteiger partial charge in [-0.1, -0.05) is 121 Å². The maximum Gasteiger partial charge on any atom is 0.303 e. The minimum Gasteiger partial charge on any atom is -0.384 e. The SMILES string of the molecule is CC(C)(O)C(F)(F)[C@@H]1O[C@H](COCc2ccccc2)[C@H](OCc2ccccc2)[C@H](OCc2ccccc2)[C@H]1OCc1ccccc1. The molecule has 5 rings (SSSR count). The second-order valence-electron chi connectivity index (χ2n) is 12.1. The van der Waals surface area contributed by atoms with Crippen molar-refractivity contribution in [3.63, 3.8) is 0 Å². The van der Waals surface area contributed by atoms with E-state index in [2.05, 4.69) is 0 Å². The zero-order valence-corrected chi connectivity index (χ0v) is 26.2. The maximum absolute atomic E-state index is 16.3. The summed E-state index contributed by atoms with van der Waals surface area (Å²) in [4.78, 5) is 0. The number of rotatable bonds is 15. The molecule has 1 saturated heterocycles. The maximum atomic E-state index is 16.3. The molecule has 244 valence electrons. The highest BCUT2D eigenvalue weighted by molar-refractivity contribution is 5.17. The van der Waals surface area contributed by atoms with Crippen LogP contribution < -0.4 is 0 Å². The molecule has 0 radical (unpaired) electrons. The van der Waals surface area contributed by atoms with Gasteiger partial charge in [-0.15, -0.1) is 0 Å². The van der Waals surface area contributed by atoms with Gasteiger partial charge in [0.15, 0.2) is 6.10 Å². The highest BCUT2D eigenvalue weighted by Crippen LogP contribution is 2.42. The second-order valence-corrected chi connectivity index (χ2v) is 12.1. The molecule has 0 aliphatic carbocycles. The molecule has 4 aromatic carbocycles. The Hall–Kier alpha value is -3.50. The molecule has 1 aliphatic heterocycles. The lowest BCUT2D eigenvalue weighted by Crippen LogP contribution is -2.68. The molecule has 5 atom stereocenters. The van der Waals surface area contributed by atoms with Gasteiger partial charge in [0.05, 0.1) is 33.0 Å². The molecule has 0 saturated carbocycles. The van der Waals surface area contributed by atoms with Crippen LogP contribution in [0.1, 0.15) is 36.1 Å². The topological polar surface area (TPSA) is 66.4 Å². The zero-order valence-electron chi connectivity index (χ0n) is 26.2. The molecule has 0 aromatic heterocycles. The van der Waals surface area contributed by atoms with Gasteiger partial charge in [0.1, 0.15) is 30.0 Å². The van der Waals surface area contributed by atoms with E-state index in [4.69, 9.17) is 23.7 Å². The molecular formula is C38H42F2O6. The third-order valence-corrected chi connectivity index (χ3v) is 8.06. The summed E-state index contributed by atoms with van der Waals surface area (Å²) in [7, 11) is 0. The van der Waals surface area contributed by atoms with Crippen molar-refractivity contribution in [1.29, 1.82) is 0 Å². The van der Waals surface area contributed by atoms with Gasteiger partial charge < -0.3 is 28.8 Å². The van der Waals surface area contributed by atoms with Gasteiger partial charge in [-0.3, -0.25) is 0 Å². The normalized spacial score (nSPS) is 22.1. The molecule has 6 nitrogen and oxygen atoms in total. The van der Waals surface area contributed by atoms with Crippen molar-refractivity contribution >= 4 is 0 Å². The van der Waals surface area contributed by atoms with Crippen LogP contribution in [0.3, 0.4) is 0 Å². The molecule has 1 fully saturated rings. The molecule has 4 aromatic rings. The summed E-state index contributed by atoms with van der Waals surface area (Å²) in [5.74, 6) is -3.73. The average Bonchev–Trinajstić information content (AvgIpc) is 3.07. The molecule has 46 heavy (non-hydrogen) atoms. The van der Waals surface area contributed by atoms with Crippen LogP contribution in [-0.4, -0.2) is 53.8 Å². The number of hydrogen-bond acceptors (Lipinski definition) is 6. The summed E-state index contributed by atoms with van der Waals surface area (Å²) >= 11 is 0. The van der Waals surface area contributed by atoms with Crippen molar-refractivity contribution in [2.24, 2.45) is 0 Å². The number of aliphatic hydroxyl groups is 1. The van der Waals surface area contributed by atoms with Crippen LogP contribution in [0, 0.1) is 0 Å². The van der Waals surface area contributed by atoms with E-state index in [-0.39, 0.29) is 33.0 Å². The van der Waals surface area contributed by atoms with Gasteiger partial charge in [-0.2, -0.15) is 0 Å². The first-order valence-corrected chi connectivity index (χ1v) is 15.6. The van der Waals surface area contributed by atoms with E-state index in [1.165, 1.54) is 0 Å². The van der Waals surface area contributed by atoms with E-state index in [0.717, 1.165) is 36.1 Å². The molecule has 0 amide bonds. The predicted octanol–water partition coefficient (Wildman–Crippen LogP) is 7.13. The second kappa shape index (κ2) is 15.9. The highest BCUT2D eigenvalue weighted by Gasteiger charge is 2.62. The Balaban J connectivity index is 1.50. The quantitative estimate of drug-likeness (QED) is 0.150. The van der Waals surface area contributed by atoms with Crippen LogP contribution in [-0.2, 0) is 50.1 Å². The number of hydrogen-bond donors (Lipinski definition) is 1. The van der Waals surface area contributed by atoms with Crippen molar-refractivity contribution in [1.82, 2.24) is 0 Å². The van der Waals surface area contributed by atoms with E-state index in [1.807, 2.05) is 121 Å². The van der Waals surface area contributed by atoms with Gasteiger partial charge in [-0.25, -0.2) is 8.78 Å².